The molecule has 186 valence electrons. The number of rotatable bonds is 8. The minimum Gasteiger partial charge on any atom is -0.478 e. The van der Waals surface area contributed by atoms with E-state index in [9.17, 15) is 14.4 Å². The van der Waals surface area contributed by atoms with Crippen molar-refractivity contribution in [1.29, 1.82) is 0 Å². The number of hydrogen-bond donors (Lipinski definition) is 3. The third-order valence-corrected chi connectivity index (χ3v) is 5.68. The molecule has 0 saturated heterocycles. The van der Waals surface area contributed by atoms with Crippen molar-refractivity contribution in [2.24, 2.45) is 16.5 Å². The summed E-state index contributed by atoms with van der Waals surface area (Å²) in [7, 11) is 1.63. The molecular formula is C26H25ClN4O5. The Bertz CT molecular complexity index is 1320. The summed E-state index contributed by atoms with van der Waals surface area (Å²) in [6, 6.07) is 17.3. The predicted molar refractivity (Wildman–Crippen MR) is 137 cm³/mol. The minimum absolute atomic E-state index is 0.0913. The molecule has 3 aromatic carbocycles. The maximum absolute atomic E-state index is 13.0. The molecule has 36 heavy (non-hydrogen) atoms. The Kier molecular flexibility index (Phi) is 8.29. The number of aromatic carboxylic acids is 1. The molecule has 3 aromatic rings. The third kappa shape index (κ3) is 6.61. The number of likely N-dealkylation sites (N-methyl/N-ethyl adjacent to an activating group) is 1. The van der Waals surface area contributed by atoms with E-state index in [-0.39, 0.29) is 34.7 Å². The molecule has 1 unspecified atom stereocenters. The normalized spacial score (nSPS) is 11.3. The number of aliphatic imine (C=N–C) groups is 1. The molecule has 0 spiro atoms. The van der Waals surface area contributed by atoms with Crippen molar-refractivity contribution in [3.63, 3.8) is 0 Å². The van der Waals surface area contributed by atoms with Crippen LogP contribution in [0.3, 0.4) is 0 Å². The second kappa shape index (κ2) is 11.4. The molecule has 0 aliphatic rings. The predicted octanol–water partition coefficient (Wildman–Crippen LogP) is 3.92. The van der Waals surface area contributed by atoms with Crippen LogP contribution in [0.1, 0.15) is 44.7 Å². The number of carboxylic acid groups (broad SMARTS) is 1. The Morgan fingerprint density at radius 3 is 2.33 bits per heavy atom. The zero-order chi connectivity index (χ0) is 26.4. The van der Waals surface area contributed by atoms with Crippen LogP contribution in [-0.2, 0) is 11.3 Å². The molecular weight excluding hydrogens is 484 g/mol. The van der Waals surface area contributed by atoms with E-state index < -0.39 is 17.9 Å². The summed E-state index contributed by atoms with van der Waals surface area (Å²) in [5.41, 5.74) is 12.9. The van der Waals surface area contributed by atoms with Crippen molar-refractivity contribution in [2.75, 3.05) is 7.05 Å². The number of guanidine groups is 1. The van der Waals surface area contributed by atoms with Gasteiger partial charge in [0.05, 0.1) is 22.7 Å². The van der Waals surface area contributed by atoms with Gasteiger partial charge in [-0.3, -0.25) is 4.79 Å². The van der Waals surface area contributed by atoms with Crippen LogP contribution < -0.4 is 16.2 Å². The van der Waals surface area contributed by atoms with E-state index in [0.717, 1.165) is 0 Å². The average Bonchev–Trinajstić information content (AvgIpc) is 2.83. The molecule has 0 heterocycles. The van der Waals surface area contributed by atoms with Gasteiger partial charge in [0.25, 0.3) is 0 Å². The molecule has 0 aliphatic heterocycles. The first kappa shape index (κ1) is 26.2. The number of halogens is 1. The van der Waals surface area contributed by atoms with Crippen LogP contribution in [0.4, 0.5) is 5.69 Å². The van der Waals surface area contributed by atoms with Gasteiger partial charge in [-0.05, 0) is 66.6 Å². The van der Waals surface area contributed by atoms with Gasteiger partial charge < -0.3 is 26.2 Å². The molecule has 9 nitrogen and oxygen atoms in total. The number of carbonyl (C=O) groups excluding carboxylic acids is 2. The molecule has 0 aromatic heterocycles. The highest BCUT2D eigenvalue weighted by molar-refractivity contribution is 6.31. The van der Waals surface area contributed by atoms with E-state index >= 15 is 0 Å². The van der Waals surface area contributed by atoms with Crippen LogP contribution in [0.5, 0.6) is 5.75 Å². The second-order valence-corrected chi connectivity index (χ2v) is 8.49. The fraction of sp³-hybridized carbons (Fsp3) is 0.154. The molecule has 0 saturated carbocycles. The van der Waals surface area contributed by atoms with Crippen molar-refractivity contribution in [2.45, 2.75) is 19.4 Å². The van der Waals surface area contributed by atoms with Crippen LogP contribution in [0.2, 0.25) is 5.02 Å². The highest BCUT2D eigenvalue weighted by Gasteiger charge is 2.22. The molecule has 3 rings (SSSR count). The maximum atomic E-state index is 13.0. The fourth-order valence-corrected chi connectivity index (χ4v) is 3.86. The van der Waals surface area contributed by atoms with Gasteiger partial charge in [-0.15, -0.1) is 0 Å². The van der Waals surface area contributed by atoms with E-state index in [1.165, 1.54) is 35.2 Å². The fourth-order valence-electron chi connectivity index (χ4n) is 3.53. The molecule has 1 amide bonds. The highest BCUT2D eigenvalue weighted by Crippen LogP contribution is 2.30. The van der Waals surface area contributed by atoms with Crippen molar-refractivity contribution in [1.82, 2.24) is 4.90 Å². The zero-order valence-electron chi connectivity index (χ0n) is 19.6. The maximum Gasteiger partial charge on any atom is 0.343 e. The van der Waals surface area contributed by atoms with Crippen LogP contribution in [0, 0.1) is 0 Å². The lowest BCUT2D eigenvalue weighted by atomic mass is 9.99. The summed E-state index contributed by atoms with van der Waals surface area (Å²) in [6.07, 6.45) is 0. The van der Waals surface area contributed by atoms with Gasteiger partial charge in [-0.25, -0.2) is 14.6 Å². The Hall–Kier alpha value is -4.37. The molecule has 0 aliphatic carbocycles. The monoisotopic (exact) mass is 508 g/mol. The van der Waals surface area contributed by atoms with Crippen molar-refractivity contribution >= 4 is 41.1 Å². The summed E-state index contributed by atoms with van der Waals surface area (Å²) < 4.78 is 5.40. The molecule has 0 bridgehead atoms. The van der Waals surface area contributed by atoms with E-state index in [1.807, 2.05) is 0 Å². The minimum atomic E-state index is -1.03. The lowest BCUT2D eigenvalue weighted by Gasteiger charge is -2.22. The number of carbonyl (C=O) groups is 3. The zero-order valence-corrected chi connectivity index (χ0v) is 20.4. The van der Waals surface area contributed by atoms with Gasteiger partial charge in [0.2, 0.25) is 5.91 Å². The largest absolute Gasteiger partial charge is 0.478 e. The van der Waals surface area contributed by atoms with Gasteiger partial charge in [-0.2, -0.15) is 0 Å². The van der Waals surface area contributed by atoms with Crippen molar-refractivity contribution in [3.8, 4) is 5.75 Å². The molecule has 5 N–H and O–H groups in total. The Morgan fingerprint density at radius 2 is 1.72 bits per heavy atom. The number of ether oxygens (including phenoxy) is 1. The number of benzene rings is 3. The highest BCUT2D eigenvalue weighted by atomic mass is 35.5. The quantitative estimate of drug-likeness (QED) is 0.181. The van der Waals surface area contributed by atoms with Gasteiger partial charge in [0.15, 0.2) is 5.96 Å². The Morgan fingerprint density at radius 1 is 1.03 bits per heavy atom. The SMILES string of the molecule is CC(C(=O)N(C)Cc1cccc(C(=O)O)c1)c1ccc(OC(=O)c2ccc(N=C(N)N)cc2)cc1Cl. The number of amides is 1. The average molecular weight is 509 g/mol. The van der Waals surface area contributed by atoms with Crippen molar-refractivity contribution < 1.29 is 24.2 Å². The molecule has 0 fully saturated rings. The molecule has 1 atom stereocenters. The number of nitrogens with zero attached hydrogens (tertiary/aromatic N) is 2. The number of nitrogens with two attached hydrogens (primary N) is 2. The Balaban J connectivity index is 1.67. The van der Waals surface area contributed by atoms with Crippen LogP contribution in [-0.4, -0.2) is 40.9 Å². The van der Waals surface area contributed by atoms with Crippen molar-refractivity contribution in [3.05, 3.63) is 94.0 Å². The van der Waals surface area contributed by atoms with Gasteiger partial charge in [-0.1, -0.05) is 29.8 Å². The van der Waals surface area contributed by atoms with E-state index in [4.69, 9.17) is 32.9 Å². The van der Waals surface area contributed by atoms with Crippen LogP contribution >= 0.6 is 11.6 Å². The van der Waals surface area contributed by atoms with Gasteiger partial charge in [0.1, 0.15) is 5.75 Å². The van der Waals surface area contributed by atoms with E-state index in [2.05, 4.69) is 4.99 Å². The standard InChI is InChI=1S/C26H25ClN4O5/c1-15(23(32)31(2)14-16-4-3-5-18(12-16)24(33)34)21-11-10-20(13-22(21)27)36-25(35)17-6-8-19(9-7-17)30-26(28)29/h3-13,15H,14H2,1-2H3,(H,33,34)(H4,28,29,30). The summed E-state index contributed by atoms with van der Waals surface area (Å²) in [4.78, 5) is 42.0. The lowest BCUT2D eigenvalue weighted by Crippen LogP contribution is -2.30. The van der Waals surface area contributed by atoms with Crippen LogP contribution in [0.25, 0.3) is 0 Å². The van der Waals surface area contributed by atoms with Gasteiger partial charge >= 0.3 is 11.9 Å². The Labute approximate surface area is 212 Å². The topological polar surface area (TPSA) is 148 Å². The second-order valence-electron chi connectivity index (χ2n) is 8.08. The first-order chi connectivity index (χ1) is 17.0. The summed E-state index contributed by atoms with van der Waals surface area (Å²) in [6.45, 7) is 1.96. The number of hydrogen-bond acceptors (Lipinski definition) is 5. The summed E-state index contributed by atoms with van der Waals surface area (Å²) >= 11 is 6.42. The molecule has 0 radical (unpaired) electrons. The van der Waals surface area contributed by atoms with Crippen LogP contribution in [0.15, 0.2) is 71.7 Å². The number of esters is 1. The smallest absolute Gasteiger partial charge is 0.343 e. The summed E-state index contributed by atoms with van der Waals surface area (Å²) in [5.74, 6) is -2.29. The van der Waals surface area contributed by atoms with E-state index in [0.29, 0.717) is 22.4 Å². The first-order valence-corrected chi connectivity index (χ1v) is 11.2. The number of carboxylic acids is 1. The molecule has 10 heteroatoms. The first-order valence-electron chi connectivity index (χ1n) is 10.8. The third-order valence-electron chi connectivity index (χ3n) is 5.35. The lowest BCUT2D eigenvalue weighted by molar-refractivity contribution is -0.131. The van der Waals surface area contributed by atoms with Gasteiger partial charge in [0, 0.05) is 18.6 Å². The van der Waals surface area contributed by atoms with E-state index in [1.54, 1.807) is 50.4 Å². The summed E-state index contributed by atoms with van der Waals surface area (Å²) in [5, 5.41) is 9.43.